The third kappa shape index (κ3) is 5.41. The van der Waals surface area contributed by atoms with Gasteiger partial charge in [-0.15, -0.1) is 0 Å². The van der Waals surface area contributed by atoms with Crippen molar-refractivity contribution in [1.29, 1.82) is 0 Å². The second kappa shape index (κ2) is 9.15. The van der Waals surface area contributed by atoms with Gasteiger partial charge in [-0.2, -0.15) is 0 Å². The van der Waals surface area contributed by atoms with Crippen LogP contribution in [0.2, 0.25) is 0 Å². The number of ether oxygens (including phenoxy) is 1. The first kappa shape index (κ1) is 19.7. The molecule has 0 unspecified atom stereocenters. The van der Waals surface area contributed by atoms with Crippen LogP contribution in [0.1, 0.15) is 50.7 Å². The molecule has 0 spiro atoms. The predicted molar refractivity (Wildman–Crippen MR) is 106 cm³/mol. The van der Waals surface area contributed by atoms with E-state index >= 15 is 0 Å². The summed E-state index contributed by atoms with van der Waals surface area (Å²) in [5, 5.41) is 0. The van der Waals surface area contributed by atoms with Gasteiger partial charge in [-0.1, -0.05) is 75.4 Å². The highest BCUT2D eigenvalue weighted by Crippen LogP contribution is 2.32. The Bertz CT molecular complexity index is 680. The van der Waals surface area contributed by atoms with Crippen molar-refractivity contribution in [3.63, 3.8) is 0 Å². The quantitative estimate of drug-likeness (QED) is 0.306. The summed E-state index contributed by atoms with van der Waals surface area (Å²) in [6.45, 7) is 6.55. The lowest BCUT2D eigenvalue weighted by atomic mass is 10.0. The van der Waals surface area contributed by atoms with Crippen molar-refractivity contribution in [3.05, 3.63) is 40.3 Å². The summed E-state index contributed by atoms with van der Waals surface area (Å²) in [5.41, 5.74) is 2.19. The fraction of sp³-hybridized carbons (Fsp3) is 0.421. The summed E-state index contributed by atoms with van der Waals surface area (Å²) < 4.78 is 5.50. The summed E-state index contributed by atoms with van der Waals surface area (Å²) in [5.74, 6) is -0.200. The zero-order valence-electron chi connectivity index (χ0n) is 14.8. The molecule has 1 aliphatic heterocycles. The number of hydrogen-bond acceptors (Lipinski definition) is 5. The highest BCUT2D eigenvalue weighted by atomic mass is 32.2. The van der Waals surface area contributed by atoms with Crippen LogP contribution >= 0.6 is 24.0 Å². The van der Waals surface area contributed by atoms with Gasteiger partial charge in [0.2, 0.25) is 0 Å². The van der Waals surface area contributed by atoms with E-state index in [2.05, 4.69) is 26.0 Å². The van der Waals surface area contributed by atoms with Crippen LogP contribution in [0.5, 0.6) is 0 Å². The first-order valence-corrected chi connectivity index (χ1v) is 9.65. The number of nitrogens with zero attached hydrogens (tertiary/aromatic N) is 1. The molecule has 2 rings (SSSR count). The monoisotopic (exact) mass is 377 g/mol. The van der Waals surface area contributed by atoms with E-state index in [0.717, 1.165) is 18.4 Å². The van der Waals surface area contributed by atoms with Crippen LogP contribution < -0.4 is 0 Å². The molecule has 1 aromatic rings. The lowest BCUT2D eigenvalue weighted by molar-refractivity contribution is -0.146. The summed E-state index contributed by atoms with van der Waals surface area (Å²) in [6.07, 6.45) is 3.58. The third-order valence-electron chi connectivity index (χ3n) is 3.82. The number of carbonyl (C=O) groups is 2. The first-order chi connectivity index (χ1) is 11.9. The average molecular weight is 378 g/mol. The summed E-state index contributed by atoms with van der Waals surface area (Å²) in [7, 11) is 0. The minimum Gasteiger partial charge on any atom is -0.464 e. The van der Waals surface area contributed by atoms with Gasteiger partial charge in [-0.25, -0.2) is 0 Å². The molecule has 1 saturated heterocycles. The number of rotatable bonds is 7. The van der Waals surface area contributed by atoms with Gasteiger partial charge in [-0.3, -0.25) is 14.5 Å². The minimum absolute atomic E-state index is 0.127. The van der Waals surface area contributed by atoms with Gasteiger partial charge in [0.25, 0.3) is 5.91 Å². The molecule has 0 aliphatic carbocycles. The highest BCUT2D eigenvalue weighted by Gasteiger charge is 2.33. The van der Waals surface area contributed by atoms with Crippen molar-refractivity contribution < 1.29 is 14.3 Å². The van der Waals surface area contributed by atoms with E-state index in [1.54, 1.807) is 0 Å². The van der Waals surface area contributed by atoms with E-state index in [1.807, 2.05) is 25.1 Å². The minimum atomic E-state index is -0.424. The van der Waals surface area contributed by atoms with Crippen LogP contribution in [0, 0.1) is 0 Å². The van der Waals surface area contributed by atoms with Gasteiger partial charge in [-0.05, 0) is 29.5 Å². The molecule has 1 aromatic carbocycles. The number of amides is 1. The lowest BCUT2D eigenvalue weighted by Crippen LogP contribution is -2.34. The molecule has 0 N–H and O–H groups in total. The SMILES string of the molecule is CCCCOC(=O)CN1C(=O)C(=Cc2ccc(C(C)C)cc2)SC1=S. The standard InChI is InChI=1S/C19H23NO3S2/c1-4-5-10-23-17(21)12-20-18(22)16(25-19(20)24)11-14-6-8-15(9-7-14)13(2)3/h6-9,11,13H,4-5,10,12H2,1-3H3. The summed E-state index contributed by atoms with van der Waals surface area (Å²) in [4.78, 5) is 26.2. The molecule has 0 radical (unpaired) electrons. The smallest absolute Gasteiger partial charge is 0.326 e. The van der Waals surface area contributed by atoms with E-state index < -0.39 is 5.97 Å². The van der Waals surface area contributed by atoms with Gasteiger partial charge >= 0.3 is 5.97 Å². The van der Waals surface area contributed by atoms with E-state index in [-0.39, 0.29) is 12.5 Å². The highest BCUT2D eigenvalue weighted by molar-refractivity contribution is 8.26. The second-order valence-corrected chi connectivity index (χ2v) is 7.84. The molecule has 0 bridgehead atoms. The summed E-state index contributed by atoms with van der Waals surface area (Å²) in [6, 6.07) is 8.09. The Morgan fingerprint density at radius 3 is 2.60 bits per heavy atom. The number of esters is 1. The number of benzene rings is 1. The van der Waals surface area contributed by atoms with Crippen LogP contribution in [0.4, 0.5) is 0 Å². The number of hydrogen-bond donors (Lipinski definition) is 0. The summed E-state index contributed by atoms with van der Waals surface area (Å²) >= 11 is 6.46. The fourth-order valence-corrected chi connectivity index (χ4v) is 3.52. The Balaban J connectivity index is 2.03. The molecule has 0 atom stereocenters. The molecule has 1 aliphatic rings. The molecular formula is C19H23NO3S2. The zero-order valence-corrected chi connectivity index (χ0v) is 16.4. The molecule has 4 nitrogen and oxygen atoms in total. The number of thiocarbonyl (C=S) groups is 1. The van der Waals surface area contributed by atoms with E-state index in [1.165, 1.54) is 22.2 Å². The maximum Gasteiger partial charge on any atom is 0.326 e. The van der Waals surface area contributed by atoms with Gasteiger partial charge in [0.1, 0.15) is 10.9 Å². The van der Waals surface area contributed by atoms with E-state index in [9.17, 15) is 9.59 Å². The normalized spacial score (nSPS) is 16.2. The topological polar surface area (TPSA) is 46.6 Å². The molecule has 1 amide bonds. The second-order valence-electron chi connectivity index (χ2n) is 6.16. The molecule has 0 saturated carbocycles. The van der Waals surface area contributed by atoms with Crippen LogP contribution in [0.25, 0.3) is 6.08 Å². The van der Waals surface area contributed by atoms with Crippen molar-refractivity contribution in [2.75, 3.05) is 13.2 Å². The van der Waals surface area contributed by atoms with Crippen LogP contribution in [0.3, 0.4) is 0 Å². The number of unbranched alkanes of at least 4 members (excludes halogenated alkanes) is 1. The Morgan fingerprint density at radius 2 is 2.00 bits per heavy atom. The molecule has 1 heterocycles. The van der Waals surface area contributed by atoms with Gasteiger partial charge in [0, 0.05) is 0 Å². The lowest BCUT2D eigenvalue weighted by Gasteiger charge is -2.13. The molecule has 0 aromatic heterocycles. The number of thioether (sulfide) groups is 1. The van der Waals surface area contributed by atoms with Crippen LogP contribution in [-0.4, -0.2) is 34.2 Å². The van der Waals surface area contributed by atoms with Crippen molar-refractivity contribution in [2.45, 2.75) is 39.5 Å². The Hall–Kier alpha value is -1.66. The zero-order chi connectivity index (χ0) is 18.4. The molecule has 25 heavy (non-hydrogen) atoms. The predicted octanol–water partition coefficient (Wildman–Crippen LogP) is 4.35. The van der Waals surface area contributed by atoms with Crippen LogP contribution in [-0.2, 0) is 14.3 Å². The largest absolute Gasteiger partial charge is 0.464 e. The van der Waals surface area contributed by atoms with Crippen molar-refractivity contribution in [2.24, 2.45) is 0 Å². The van der Waals surface area contributed by atoms with E-state index in [0.29, 0.717) is 21.8 Å². The van der Waals surface area contributed by atoms with Crippen molar-refractivity contribution >= 4 is 46.3 Å². The van der Waals surface area contributed by atoms with Crippen molar-refractivity contribution in [3.8, 4) is 0 Å². The van der Waals surface area contributed by atoms with Gasteiger partial charge in [0.15, 0.2) is 0 Å². The Labute approximate surface area is 158 Å². The van der Waals surface area contributed by atoms with Gasteiger partial charge in [0.05, 0.1) is 11.5 Å². The van der Waals surface area contributed by atoms with Gasteiger partial charge < -0.3 is 4.74 Å². The maximum absolute atomic E-state index is 12.5. The number of carbonyl (C=O) groups excluding carboxylic acids is 2. The molecule has 6 heteroatoms. The third-order valence-corrected chi connectivity index (χ3v) is 5.20. The molecule has 134 valence electrons. The maximum atomic E-state index is 12.5. The Kier molecular flexibility index (Phi) is 7.20. The van der Waals surface area contributed by atoms with Crippen LogP contribution in [0.15, 0.2) is 29.2 Å². The fourth-order valence-electron chi connectivity index (χ4n) is 2.27. The molecular weight excluding hydrogens is 354 g/mol. The Morgan fingerprint density at radius 1 is 1.32 bits per heavy atom. The molecule has 1 fully saturated rings. The van der Waals surface area contributed by atoms with E-state index in [4.69, 9.17) is 17.0 Å². The average Bonchev–Trinajstić information content (AvgIpc) is 2.83. The first-order valence-electron chi connectivity index (χ1n) is 8.43. The van der Waals surface area contributed by atoms with Crippen molar-refractivity contribution in [1.82, 2.24) is 4.90 Å².